The predicted molar refractivity (Wildman–Crippen MR) is 79.8 cm³/mol. The zero-order valence-corrected chi connectivity index (χ0v) is 11.7. The molecule has 5 heteroatoms. The summed E-state index contributed by atoms with van der Waals surface area (Å²) in [5.74, 6) is 0.805. The molecule has 110 valence electrons. The first-order valence-corrected chi connectivity index (χ1v) is 7.39. The second-order valence-corrected chi connectivity index (χ2v) is 5.78. The topological polar surface area (TPSA) is 72.2 Å². The standard InChI is InChI=1S/C16H18N2O3/c19-16(15-13-8-3-1-2-4-9-14(13)15)17-11-6-5-7-12(10-11)18(20)21/h3,5-8,10,13-15H,1-2,4,9H2,(H,17,19)/t13-,14-,15+/m0/s1. The van der Waals surface area contributed by atoms with Gasteiger partial charge in [0, 0.05) is 23.7 Å². The Hall–Kier alpha value is -2.17. The molecule has 1 saturated carbocycles. The predicted octanol–water partition coefficient (Wildman–Crippen LogP) is 3.53. The Balaban J connectivity index is 1.67. The maximum Gasteiger partial charge on any atom is 0.271 e. The molecule has 1 N–H and O–H groups in total. The van der Waals surface area contributed by atoms with E-state index in [1.165, 1.54) is 25.0 Å². The highest BCUT2D eigenvalue weighted by Crippen LogP contribution is 2.51. The van der Waals surface area contributed by atoms with Crippen molar-refractivity contribution >= 4 is 17.3 Å². The first-order valence-electron chi connectivity index (χ1n) is 7.39. The molecule has 0 aliphatic heterocycles. The van der Waals surface area contributed by atoms with E-state index < -0.39 is 4.92 Å². The number of non-ortho nitro benzene ring substituents is 1. The Morgan fingerprint density at radius 2 is 2.19 bits per heavy atom. The molecule has 2 aliphatic rings. The van der Waals surface area contributed by atoms with Crippen LogP contribution in [0.3, 0.4) is 0 Å². The fourth-order valence-corrected chi connectivity index (χ4v) is 3.22. The third kappa shape index (κ3) is 2.96. The number of carbonyl (C=O) groups is 1. The van der Waals surface area contributed by atoms with E-state index in [0.29, 0.717) is 17.5 Å². The van der Waals surface area contributed by atoms with E-state index in [9.17, 15) is 14.9 Å². The lowest BCUT2D eigenvalue weighted by Gasteiger charge is -2.04. The summed E-state index contributed by atoms with van der Waals surface area (Å²) in [5, 5.41) is 13.6. The summed E-state index contributed by atoms with van der Waals surface area (Å²) in [4.78, 5) is 22.6. The van der Waals surface area contributed by atoms with Gasteiger partial charge in [-0.2, -0.15) is 0 Å². The van der Waals surface area contributed by atoms with Gasteiger partial charge in [-0.25, -0.2) is 0 Å². The highest BCUT2D eigenvalue weighted by Gasteiger charge is 2.52. The number of nitro benzene ring substituents is 1. The third-order valence-electron chi connectivity index (χ3n) is 4.37. The molecule has 0 aromatic heterocycles. The van der Waals surface area contributed by atoms with Crippen molar-refractivity contribution in [3.8, 4) is 0 Å². The number of fused-ring (bicyclic) bond motifs is 1. The van der Waals surface area contributed by atoms with Gasteiger partial charge in [0.15, 0.2) is 0 Å². The van der Waals surface area contributed by atoms with Crippen LogP contribution >= 0.6 is 0 Å². The largest absolute Gasteiger partial charge is 0.326 e. The fourth-order valence-electron chi connectivity index (χ4n) is 3.22. The average molecular weight is 286 g/mol. The number of allylic oxidation sites excluding steroid dienone is 2. The van der Waals surface area contributed by atoms with E-state index in [1.54, 1.807) is 12.1 Å². The van der Waals surface area contributed by atoms with Crippen LogP contribution in [0.15, 0.2) is 36.4 Å². The highest BCUT2D eigenvalue weighted by atomic mass is 16.6. The van der Waals surface area contributed by atoms with Crippen molar-refractivity contribution in [2.75, 3.05) is 5.32 Å². The van der Waals surface area contributed by atoms with Crippen LogP contribution < -0.4 is 5.32 Å². The van der Waals surface area contributed by atoms with Gasteiger partial charge in [-0.05, 0) is 37.2 Å². The number of nitrogens with one attached hydrogen (secondary N) is 1. The van der Waals surface area contributed by atoms with Crippen molar-refractivity contribution in [3.05, 3.63) is 46.5 Å². The molecule has 0 unspecified atom stereocenters. The van der Waals surface area contributed by atoms with E-state index in [0.717, 1.165) is 12.8 Å². The molecule has 2 aliphatic carbocycles. The number of benzene rings is 1. The molecular weight excluding hydrogens is 268 g/mol. The molecule has 0 spiro atoms. The van der Waals surface area contributed by atoms with E-state index in [1.807, 2.05) is 0 Å². The molecule has 0 bridgehead atoms. The lowest BCUT2D eigenvalue weighted by Crippen LogP contribution is -2.15. The molecule has 3 atom stereocenters. The number of anilines is 1. The molecule has 0 radical (unpaired) electrons. The number of hydrogen-bond donors (Lipinski definition) is 1. The van der Waals surface area contributed by atoms with E-state index in [2.05, 4.69) is 17.5 Å². The van der Waals surface area contributed by atoms with Crippen molar-refractivity contribution in [3.63, 3.8) is 0 Å². The van der Waals surface area contributed by atoms with Crippen molar-refractivity contribution in [1.82, 2.24) is 0 Å². The Bertz CT molecular complexity index is 597. The van der Waals surface area contributed by atoms with Crippen LogP contribution in [0.2, 0.25) is 0 Å². The summed E-state index contributed by atoms with van der Waals surface area (Å²) in [7, 11) is 0. The SMILES string of the molecule is O=C(Nc1cccc([N+](=O)[O-])c1)[C@@H]1[C@H]2C=CCCCC[C@@H]21. The second kappa shape index (κ2) is 5.68. The normalized spacial score (nSPS) is 27.1. The summed E-state index contributed by atoms with van der Waals surface area (Å²) in [5.41, 5.74) is 0.493. The number of nitro groups is 1. The smallest absolute Gasteiger partial charge is 0.271 e. The van der Waals surface area contributed by atoms with Crippen molar-refractivity contribution in [1.29, 1.82) is 0 Å². The first-order chi connectivity index (χ1) is 10.2. The summed E-state index contributed by atoms with van der Waals surface area (Å²) >= 11 is 0. The maximum atomic E-state index is 12.3. The van der Waals surface area contributed by atoms with Crippen molar-refractivity contribution in [2.45, 2.75) is 25.7 Å². The Morgan fingerprint density at radius 1 is 1.33 bits per heavy atom. The Morgan fingerprint density at radius 3 is 3.00 bits per heavy atom. The van der Waals surface area contributed by atoms with Crippen LogP contribution in [0.4, 0.5) is 11.4 Å². The number of amides is 1. The minimum Gasteiger partial charge on any atom is -0.326 e. The monoisotopic (exact) mass is 286 g/mol. The van der Waals surface area contributed by atoms with E-state index in [4.69, 9.17) is 0 Å². The van der Waals surface area contributed by atoms with Crippen LogP contribution in [-0.2, 0) is 4.79 Å². The molecule has 3 rings (SSSR count). The molecule has 1 aromatic rings. The minimum atomic E-state index is -0.455. The van der Waals surface area contributed by atoms with Gasteiger partial charge in [0.25, 0.3) is 5.69 Å². The van der Waals surface area contributed by atoms with Crippen LogP contribution in [0.5, 0.6) is 0 Å². The molecule has 21 heavy (non-hydrogen) atoms. The third-order valence-corrected chi connectivity index (χ3v) is 4.37. The Kier molecular flexibility index (Phi) is 3.73. The second-order valence-electron chi connectivity index (χ2n) is 5.78. The molecule has 0 heterocycles. The quantitative estimate of drug-likeness (QED) is 0.525. The van der Waals surface area contributed by atoms with E-state index in [-0.39, 0.29) is 17.5 Å². The van der Waals surface area contributed by atoms with Gasteiger partial charge in [0.2, 0.25) is 5.91 Å². The summed E-state index contributed by atoms with van der Waals surface area (Å²) < 4.78 is 0. The first kappa shape index (κ1) is 13.8. The maximum absolute atomic E-state index is 12.3. The lowest BCUT2D eigenvalue weighted by molar-refractivity contribution is -0.384. The summed E-state index contributed by atoms with van der Waals surface area (Å²) in [6.45, 7) is 0. The van der Waals surface area contributed by atoms with Crippen molar-refractivity contribution < 1.29 is 9.72 Å². The van der Waals surface area contributed by atoms with Crippen LogP contribution in [0, 0.1) is 27.9 Å². The summed E-state index contributed by atoms with van der Waals surface area (Å²) in [6.07, 6.45) is 8.91. The molecule has 0 saturated heterocycles. The number of nitrogens with zero attached hydrogens (tertiary/aromatic N) is 1. The van der Waals surface area contributed by atoms with Crippen LogP contribution in [0.1, 0.15) is 25.7 Å². The average Bonchev–Trinajstić information content (AvgIpc) is 3.10. The molecule has 1 aromatic carbocycles. The van der Waals surface area contributed by atoms with Crippen LogP contribution in [-0.4, -0.2) is 10.8 Å². The van der Waals surface area contributed by atoms with Gasteiger partial charge in [-0.15, -0.1) is 0 Å². The zero-order valence-electron chi connectivity index (χ0n) is 11.7. The van der Waals surface area contributed by atoms with Gasteiger partial charge in [0.05, 0.1) is 4.92 Å². The zero-order chi connectivity index (χ0) is 14.8. The lowest BCUT2D eigenvalue weighted by atomic mass is 10.1. The van der Waals surface area contributed by atoms with Gasteiger partial charge >= 0.3 is 0 Å². The van der Waals surface area contributed by atoms with Gasteiger partial charge in [0.1, 0.15) is 0 Å². The van der Waals surface area contributed by atoms with Crippen molar-refractivity contribution in [2.24, 2.45) is 17.8 Å². The van der Waals surface area contributed by atoms with Crippen LogP contribution in [0.25, 0.3) is 0 Å². The highest BCUT2D eigenvalue weighted by molar-refractivity contribution is 5.95. The van der Waals surface area contributed by atoms with Gasteiger partial charge in [-0.1, -0.05) is 24.6 Å². The molecular formula is C16H18N2O3. The van der Waals surface area contributed by atoms with Gasteiger partial charge in [-0.3, -0.25) is 14.9 Å². The number of rotatable bonds is 3. The minimum absolute atomic E-state index is 0.00508. The number of carbonyl (C=O) groups excluding carboxylic acids is 1. The molecule has 1 fully saturated rings. The number of hydrogen-bond acceptors (Lipinski definition) is 3. The molecule has 1 amide bonds. The molecule has 5 nitrogen and oxygen atoms in total. The van der Waals surface area contributed by atoms with E-state index >= 15 is 0 Å². The summed E-state index contributed by atoms with van der Waals surface area (Å²) in [6, 6.07) is 6.09. The Labute approximate surface area is 123 Å². The van der Waals surface area contributed by atoms with Gasteiger partial charge < -0.3 is 5.32 Å². The fraction of sp³-hybridized carbons (Fsp3) is 0.438.